The maximum absolute atomic E-state index is 12.1. The smallest absolute Gasteiger partial charge is 0.240 e. The molecule has 6 nitrogen and oxygen atoms in total. The predicted molar refractivity (Wildman–Crippen MR) is 76.9 cm³/mol. The summed E-state index contributed by atoms with van der Waals surface area (Å²) in [7, 11) is -2.14. The highest BCUT2D eigenvalue weighted by Crippen LogP contribution is 2.18. The van der Waals surface area contributed by atoms with Crippen molar-refractivity contribution in [3.63, 3.8) is 0 Å². The number of carbonyl (C=O) groups is 1. The molecular weight excluding hydrogens is 278 g/mol. The van der Waals surface area contributed by atoms with Gasteiger partial charge in [-0.05, 0) is 51.2 Å². The molecule has 1 fully saturated rings. The van der Waals surface area contributed by atoms with Crippen molar-refractivity contribution in [3.8, 4) is 0 Å². The first-order valence-corrected chi connectivity index (χ1v) is 8.06. The summed E-state index contributed by atoms with van der Waals surface area (Å²) in [5.41, 5.74) is 0.504. The minimum atomic E-state index is -3.49. The van der Waals surface area contributed by atoms with Crippen LogP contribution < -0.4 is 15.4 Å². The minimum Gasteiger partial charge on any atom is -0.326 e. The van der Waals surface area contributed by atoms with Gasteiger partial charge in [0.05, 0.1) is 4.90 Å². The molecule has 2 rings (SSSR count). The molecule has 0 bridgehead atoms. The Balaban J connectivity index is 2.10. The van der Waals surface area contributed by atoms with Crippen LogP contribution in [0.15, 0.2) is 29.2 Å². The Morgan fingerprint density at radius 3 is 2.65 bits per heavy atom. The molecule has 3 N–H and O–H groups in total. The van der Waals surface area contributed by atoms with Crippen LogP contribution in [0, 0.1) is 5.92 Å². The zero-order valence-corrected chi connectivity index (χ0v) is 12.2. The summed E-state index contributed by atoms with van der Waals surface area (Å²) in [4.78, 5) is 12.2. The Hall–Kier alpha value is -1.44. The molecule has 0 spiro atoms. The summed E-state index contributed by atoms with van der Waals surface area (Å²) in [6, 6.07) is 6.26. The monoisotopic (exact) mass is 297 g/mol. The topological polar surface area (TPSA) is 87.3 Å². The van der Waals surface area contributed by atoms with E-state index in [0.717, 1.165) is 25.9 Å². The maximum Gasteiger partial charge on any atom is 0.240 e. The van der Waals surface area contributed by atoms with Crippen molar-refractivity contribution >= 4 is 21.6 Å². The largest absolute Gasteiger partial charge is 0.326 e. The molecule has 20 heavy (non-hydrogen) atoms. The minimum absolute atomic E-state index is 0.0131. The molecule has 1 saturated heterocycles. The van der Waals surface area contributed by atoms with Crippen LogP contribution in [-0.4, -0.2) is 34.5 Å². The SMILES string of the molecule is CNS(=O)(=O)c1cccc(NC(=O)C2CCNCC2)c1. The summed E-state index contributed by atoms with van der Waals surface area (Å²) in [5.74, 6) is -0.0636. The van der Waals surface area contributed by atoms with Gasteiger partial charge in [0, 0.05) is 11.6 Å². The molecule has 0 aromatic heterocycles. The first kappa shape index (κ1) is 15.0. The van der Waals surface area contributed by atoms with Gasteiger partial charge in [0.1, 0.15) is 0 Å². The molecule has 1 aromatic carbocycles. The molecule has 7 heteroatoms. The lowest BCUT2D eigenvalue weighted by atomic mass is 9.97. The molecule has 0 atom stereocenters. The number of carbonyl (C=O) groups excluding carboxylic acids is 1. The third-order valence-electron chi connectivity index (χ3n) is 3.39. The van der Waals surface area contributed by atoms with Crippen molar-refractivity contribution in [1.29, 1.82) is 0 Å². The number of hydrogen-bond donors (Lipinski definition) is 3. The van der Waals surface area contributed by atoms with Crippen LogP contribution in [-0.2, 0) is 14.8 Å². The van der Waals surface area contributed by atoms with Crippen LogP contribution >= 0.6 is 0 Å². The molecule has 0 radical (unpaired) electrons. The van der Waals surface area contributed by atoms with Gasteiger partial charge in [-0.25, -0.2) is 13.1 Å². The van der Waals surface area contributed by atoms with Crippen LogP contribution in [0.1, 0.15) is 12.8 Å². The molecule has 1 heterocycles. The van der Waals surface area contributed by atoms with Crippen molar-refractivity contribution in [1.82, 2.24) is 10.0 Å². The third-order valence-corrected chi connectivity index (χ3v) is 4.80. The Kier molecular flexibility index (Phi) is 4.74. The highest BCUT2D eigenvalue weighted by molar-refractivity contribution is 7.89. The van der Waals surface area contributed by atoms with Crippen LogP contribution in [0.25, 0.3) is 0 Å². The van der Waals surface area contributed by atoms with E-state index in [1.807, 2.05) is 0 Å². The lowest BCUT2D eigenvalue weighted by Gasteiger charge is -2.21. The summed E-state index contributed by atoms with van der Waals surface area (Å²) in [5, 5.41) is 5.99. The van der Waals surface area contributed by atoms with Crippen LogP contribution in [0.3, 0.4) is 0 Å². The Morgan fingerprint density at radius 1 is 1.30 bits per heavy atom. The number of rotatable bonds is 4. The predicted octanol–water partition coefficient (Wildman–Crippen LogP) is 0.533. The lowest BCUT2D eigenvalue weighted by molar-refractivity contribution is -0.120. The molecule has 110 valence electrons. The standard InChI is InChI=1S/C13H19N3O3S/c1-14-20(18,19)12-4-2-3-11(9-12)16-13(17)10-5-7-15-8-6-10/h2-4,9-10,14-15H,5-8H2,1H3,(H,16,17). The maximum atomic E-state index is 12.1. The number of hydrogen-bond acceptors (Lipinski definition) is 4. The molecule has 1 aliphatic heterocycles. The number of anilines is 1. The summed E-state index contributed by atoms with van der Waals surface area (Å²) in [6.45, 7) is 1.68. The average molecular weight is 297 g/mol. The van der Waals surface area contributed by atoms with Crippen molar-refractivity contribution in [2.75, 3.05) is 25.5 Å². The van der Waals surface area contributed by atoms with Gasteiger partial charge in [0.15, 0.2) is 0 Å². The van der Waals surface area contributed by atoms with Crippen LogP contribution in [0.4, 0.5) is 5.69 Å². The van der Waals surface area contributed by atoms with Crippen molar-refractivity contribution < 1.29 is 13.2 Å². The number of amides is 1. The molecular formula is C13H19N3O3S. The fourth-order valence-corrected chi connectivity index (χ4v) is 2.96. The molecule has 1 aliphatic rings. The van der Waals surface area contributed by atoms with Gasteiger partial charge >= 0.3 is 0 Å². The van der Waals surface area contributed by atoms with Crippen LogP contribution in [0.2, 0.25) is 0 Å². The number of sulfonamides is 1. The number of benzene rings is 1. The van der Waals surface area contributed by atoms with E-state index in [4.69, 9.17) is 0 Å². The quantitative estimate of drug-likeness (QED) is 0.756. The van der Waals surface area contributed by atoms with Gasteiger partial charge in [-0.15, -0.1) is 0 Å². The molecule has 1 amide bonds. The second-order valence-electron chi connectivity index (χ2n) is 4.75. The van der Waals surface area contributed by atoms with Crippen molar-refractivity contribution in [3.05, 3.63) is 24.3 Å². The van der Waals surface area contributed by atoms with E-state index in [2.05, 4.69) is 15.4 Å². The zero-order chi connectivity index (χ0) is 14.6. The van der Waals surface area contributed by atoms with E-state index in [1.165, 1.54) is 19.2 Å². The van der Waals surface area contributed by atoms with Crippen LogP contribution in [0.5, 0.6) is 0 Å². The lowest BCUT2D eigenvalue weighted by Crippen LogP contribution is -2.34. The van der Waals surface area contributed by atoms with E-state index < -0.39 is 10.0 Å². The van der Waals surface area contributed by atoms with E-state index in [1.54, 1.807) is 12.1 Å². The van der Waals surface area contributed by atoms with Gasteiger partial charge in [-0.3, -0.25) is 4.79 Å². The van der Waals surface area contributed by atoms with E-state index in [9.17, 15) is 13.2 Å². The highest BCUT2D eigenvalue weighted by Gasteiger charge is 2.21. The van der Waals surface area contributed by atoms with Crippen molar-refractivity contribution in [2.45, 2.75) is 17.7 Å². The molecule has 0 unspecified atom stereocenters. The van der Waals surface area contributed by atoms with Gasteiger partial charge in [0.2, 0.25) is 15.9 Å². The van der Waals surface area contributed by atoms with E-state index >= 15 is 0 Å². The summed E-state index contributed by atoms with van der Waals surface area (Å²) >= 11 is 0. The third kappa shape index (κ3) is 3.56. The van der Waals surface area contributed by atoms with E-state index in [-0.39, 0.29) is 16.7 Å². The van der Waals surface area contributed by atoms with Gasteiger partial charge in [-0.1, -0.05) is 6.07 Å². The molecule has 1 aromatic rings. The van der Waals surface area contributed by atoms with Crippen molar-refractivity contribution in [2.24, 2.45) is 5.92 Å². The second kappa shape index (κ2) is 6.34. The highest BCUT2D eigenvalue weighted by atomic mass is 32.2. The summed E-state index contributed by atoms with van der Waals surface area (Å²) in [6.07, 6.45) is 1.61. The summed E-state index contributed by atoms with van der Waals surface area (Å²) < 4.78 is 25.7. The van der Waals surface area contributed by atoms with E-state index in [0.29, 0.717) is 5.69 Å². The fraction of sp³-hybridized carbons (Fsp3) is 0.462. The number of piperidine rings is 1. The van der Waals surface area contributed by atoms with Gasteiger partial charge < -0.3 is 10.6 Å². The Bertz CT molecular complexity index is 580. The number of nitrogens with one attached hydrogen (secondary N) is 3. The normalized spacial score (nSPS) is 16.9. The van der Waals surface area contributed by atoms with Gasteiger partial charge in [0.25, 0.3) is 0 Å². The zero-order valence-electron chi connectivity index (χ0n) is 11.3. The molecule has 0 aliphatic carbocycles. The first-order chi connectivity index (χ1) is 9.53. The Morgan fingerprint density at radius 2 is 2.00 bits per heavy atom. The first-order valence-electron chi connectivity index (χ1n) is 6.58. The second-order valence-corrected chi connectivity index (χ2v) is 6.64. The fourth-order valence-electron chi connectivity index (χ4n) is 2.19. The average Bonchev–Trinajstić information content (AvgIpc) is 2.48. The van der Waals surface area contributed by atoms with Gasteiger partial charge in [-0.2, -0.15) is 0 Å². The molecule has 0 saturated carbocycles. The Labute approximate surface area is 119 Å².